The summed E-state index contributed by atoms with van der Waals surface area (Å²) in [6.45, 7) is 2.42. The summed E-state index contributed by atoms with van der Waals surface area (Å²) in [7, 11) is 1.74. The van der Waals surface area contributed by atoms with Crippen LogP contribution in [0.15, 0.2) is 12.1 Å². The highest BCUT2D eigenvalue weighted by atomic mass is 32.2. The van der Waals surface area contributed by atoms with E-state index in [1.54, 1.807) is 7.11 Å². The number of hydrogen-bond donors (Lipinski definition) is 1. The average Bonchev–Trinajstić information content (AvgIpc) is 3.34. The van der Waals surface area contributed by atoms with Gasteiger partial charge in [-0.15, -0.1) is 0 Å². The van der Waals surface area contributed by atoms with E-state index in [-0.39, 0.29) is 0 Å². The van der Waals surface area contributed by atoms with E-state index in [0.717, 1.165) is 62.4 Å². The van der Waals surface area contributed by atoms with E-state index in [4.69, 9.17) is 9.47 Å². The lowest BCUT2D eigenvalue weighted by Crippen LogP contribution is -2.16. The molecule has 124 valence electrons. The summed E-state index contributed by atoms with van der Waals surface area (Å²) in [5.41, 5.74) is 2.38. The van der Waals surface area contributed by atoms with Crippen LogP contribution in [0.5, 0.6) is 5.88 Å². The van der Waals surface area contributed by atoms with Crippen LogP contribution >= 0.6 is 11.8 Å². The second-order valence-electron chi connectivity index (χ2n) is 5.75. The molecule has 22 heavy (non-hydrogen) atoms. The first-order chi connectivity index (χ1) is 10.8. The summed E-state index contributed by atoms with van der Waals surface area (Å²) >= 11 is 1.85. The van der Waals surface area contributed by atoms with Crippen LogP contribution in [-0.2, 0) is 17.7 Å². The summed E-state index contributed by atoms with van der Waals surface area (Å²) in [6, 6.07) is 4.99. The molecule has 4 nitrogen and oxygen atoms in total. The normalized spacial score (nSPS) is 14.3. The number of pyridine rings is 1. The minimum absolute atomic E-state index is 0.719. The van der Waals surface area contributed by atoms with Gasteiger partial charge in [0.15, 0.2) is 0 Å². The van der Waals surface area contributed by atoms with Crippen molar-refractivity contribution in [2.45, 2.75) is 44.7 Å². The number of methoxy groups -OCH3 is 1. The molecular formula is C17H28N2O2S. The topological polar surface area (TPSA) is 43.4 Å². The zero-order chi connectivity index (χ0) is 15.6. The third kappa shape index (κ3) is 6.99. The monoisotopic (exact) mass is 324 g/mol. The molecule has 0 atom stereocenters. The van der Waals surface area contributed by atoms with Crippen molar-refractivity contribution in [3.05, 3.63) is 23.4 Å². The molecule has 1 aromatic rings. The summed E-state index contributed by atoms with van der Waals surface area (Å²) in [4.78, 5) is 4.63. The molecule has 0 amide bonds. The number of thioether (sulfide) groups is 1. The maximum absolute atomic E-state index is 5.83. The van der Waals surface area contributed by atoms with Gasteiger partial charge >= 0.3 is 0 Å². The van der Waals surface area contributed by atoms with Gasteiger partial charge in [-0.25, -0.2) is 4.98 Å². The molecule has 1 N–H and O–H groups in total. The minimum Gasteiger partial charge on any atom is -0.478 e. The van der Waals surface area contributed by atoms with Gasteiger partial charge in [-0.3, -0.25) is 0 Å². The maximum atomic E-state index is 5.83. The van der Waals surface area contributed by atoms with Crippen molar-refractivity contribution in [2.75, 3.05) is 32.3 Å². The van der Waals surface area contributed by atoms with Crippen LogP contribution in [0.4, 0.5) is 0 Å². The van der Waals surface area contributed by atoms with Gasteiger partial charge in [-0.2, -0.15) is 11.8 Å². The molecule has 0 bridgehead atoms. The number of nitrogens with zero attached hydrogens (tertiary/aromatic N) is 1. The Hall–Kier alpha value is -0.780. The number of rotatable bonds is 12. The Balaban J connectivity index is 1.91. The Bertz CT molecular complexity index is 439. The molecule has 1 aromatic heterocycles. The lowest BCUT2D eigenvalue weighted by Gasteiger charge is -2.11. The summed E-state index contributed by atoms with van der Waals surface area (Å²) in [6.07, 6.45) is 7.73. The summed E-state index contributed by atoms with van der Waals surface area (Å²) in [5, 5.41) is 3.56. The van der Waals surface area contributed by atoms with Crippen molar-refractivity contribution in [3.8, 4) is 5.88 Å². The molecule has 0 aromatic carbocycles. The second-order valence-corrected chi connectivity index (χ2v) is 6.74. The molecule has 1 fully saturated rings. The van der Waals surface area contributed by atoms with Crippen molar-refractivity contribution in [2.24, 2.45) is 0 Å². The molecule has 0 spiro atoms. The Labute approximate surface area is 138 Å². The van der Waals surface area contributed by atoms with Crippen LogP contribution in [0.2, 0.25) is 0 Å². The van der Waals surface area contributed by atoms with Gasteiger partial charge in [-0.05, 0) is 55.7 Å². The highest BCUT2D eigenvalue weighted by Crippen LogP contribution is 2.20. The fourth-order valence-corrected chi connectivity index (χ4v) is 2.66. The molecule has 0 unspecified atom stereocenters. The average molecular weight is 324 g/mol. The first-order valence-corrected chi connectivity index (χ1v) is 9.55. The number of nitrogens with one attached hydrogen (secondary N) is 1. The first kappa shape index (κ1) is 17.6. The fraction of sp³-hybridized carbons (Fsp3) is 0.706. The third-order valence-electron chi connectivity index (χ3n) is 3.61. The van der Waals surface area contributed by atoms with Gasteiger partial charge in [0.05, 0.1) is 6.61 Å². The lowest BCUT2D eigenvalue weighted by atomic mass is 10.1. The van der Waals surface area contributed by atoms with E-state index in [1.807, 2.05) is 11.8 Å². The van der Waals surface area contributed by atoms with Crippen molar-refractivity contribution in [1.82, 2.24) is 10.3 Å². The molecule has 2 rings (SSSR count). The van der Waals surface area contributed by atoms with E-state index in [2.05, 4.69) is 28.7 Å². The van der Waals surface area contributed by atoms with E-state index < -0.39 is 0 Å². The molecule has 0 aliphatic heterocycles. The molecular weight excluding hydrogens is 296 g/mol. The number of ether oxygens (including phenoxy) is 2. The van der Waals surface area contributed by atoms with Crippen LogP contribution in [0.3, 0.4) is 0 Å². The molecule has 5 heteroatoms. The third-order valence-corrected chi connectivity index (χ3v) is 4.31. The Morgan fingerprint density at radius 1 is 1.27 bits per heavy atom. The second kappa shape index (κ2) is 10.1. The summed E-state index contributed by atoms with van der Waals surface area (Å²) in [5.74, 6) is 1.90. The number of aryl methyl sites for hydroxylation is 1. The maximum Gasteiger partial charge on any atom is 0.213 e. The van der Waals surface area contributed by atoms with E-state index in [9.17, 15) is 0 Å². The van der Waals surface area contributed by atoms with Gasteiger partial charge in [0, 0.05) is 38.1 Å². The van der Waals surface area contributed by atoms with Crippen LogP contribution in [0.1, 0.15) is 36.9 Å². The number of aromatic nitrogens is 1. The van der Waals surface area contributed by atoms with Gasteiger partial charge < -0.3 is 14.8 Å². The van der Waals surface area contributed by atoms with Gasteiger partial charge in [0.2, 0.25) is 5.88 Å². The van der Waals surface area contributed by atoms with Crippen molar-refractivity contribution in [3.63, 3.8) is 0 Å². The van der Waals surface area contributed by atoms with Gasteiger partial charge in [0.25, 0.3) is 0 Å². The van der Waals surface area contributed by atoms with E-state index in [1.165, 1.54) is 18.4 Å². The van der Waals surface area contributed by atoms with Gasteiger partial charge in [0.1, 0.15) is 0 Å². The highest BCUT2D eigenvalue weighted by molar-refractivity contribution is 7.98. The quantitative estimate of drug-likeness (QED) is 0.599. The zero-order valence-corrected chi connectivity index (χ0v) is 14.6. The lowest BCUT2D eigenvalue weighted by molar-refractivity contribution is 0.195. The van der Waals surface area contributed by atoms with Crippen molar-refractivity contribution in [1.29, 1.82) is 0 Å². The van der Waals surface area contributed by atoms with Crippen LogP contribution in [-0.4, -0.2) is 43.4 Å². The SMILES string of the molecule is COCCCc1cc(CNC2CC2)cc(OCCCSC)n1. The molecule has 1 saturated carbocycles. The van der Waals surface area contributed by atoms with E-state index in [0.29, 0.717) is 0 Å². The minimum atomic E-state index is 0.719. The Kier molecular flexibility index (Phi) is 8.05. The van der Waals surface area contributed by atoms with Crippen molar-refractivity contribution < 1.29 is 9.47 Å². The van der Waals surface area contributed by atoms with Crippen LogP contribution in [0, 0.1) is 0 Å². The fourth-order valence-electron chi connectivity index (χ4n) is 2.25. The van der Waals surface area contributed by atoms with Crippen LogP contribution < -0.4 is 10.1 Å². The Morgan fingerprint density at radius 3 is 2.86 bits per heavy atom. The Morgan fingerprint density at radius 2 is 2.14 bits per heavy atom. The predicted octanol–water partition coefficient (Wildman–Crippen LogP) is 3.04. The molecule has 1 aliphatic rings. The van der Waals surface area contributed by atoms with Crippen molar-refractivity contribution >= 4 is 11.8 Å². The predicted molar refractivity (Wildman–Crippen MR) is 92.8 cm³/mol. The van der Waals surface area contributed by atoms with Gasteiger partial charge in [-0.1, -0.05) is 0 Å². The summed E-state index contributed by atoms with van der Waals surface area (Å²) < 4.78 is 11.0. The molecule has 0 radical (unpaired) electrons. The highest BCUT2D eigenvalue weighted by Gasteiger charge is 2.20. The molecule has 0 saturated heterocycles. The smallest absolute Gasteiger partial charge is 0.213 e. The first-order valence-electron chi connectivity index (χ1n) is 8.15. The standard InChI is InChI=1S/C17H28N2O2S/c1-20-8-3-5-16-11-14(13-18-15-6-7-15)12-17(19-16)21-9-4-10-22-2/h11-12,15,18H,3-10,13H2,1-2H3. The molecule has 1 aliphatic carbocycles. The van der Waals surface area contributed by atoms with E-state index >= 15 is 0 Å². The zero-order valence-electron chi connectivity index (χ0n) is 13.8. The molecule has 1 heterocycles. The van der Waals surface area contributed by atoms with Crippen LogP contribution in [0.25, 0.3) is 0 Å². The number of hydrogen-bond acceptors (Lipinski definition) is 5. The largest absolute Gasteiger partial charge is 0.478 e.